The van der Waals surface area contributed by atoms with Gasteiger partial charge in [0.1, 0.15) is 15.8 Å². The number of carbonyl (C=O) groups is 1. The molecule has 1 aliphatic heterocycles. The number of aromatic nitrogens is 1. The first-order valence-electron chi connectivity index (χ1n) is 11.8. The van der Waals surface area contributed by atoms with Crippen LogP contribution in [0.3, 0.4) is 0 Å². The number of ether oxygens (including phenoxy) is 1. The van der Waals surface area contributed by atoms with Crippen molar-refractivity contribution in [3.8, 4) is 16.3 Å². The fraction of sp³-hybridized carbons (Fsp3) is 0.333. The van der Waals surface area contributed by atoms with Gasteiger partial charge in [0.05, 0.1) is 10.2 Å². The number of anilines is 1. The van der Waals surface area contributed by atoms with Crippen LogP contribution < -0.4 is 10.1 Å². The molecule has 0 spiro atoms. The summed E-state index contributed by atoms with van der Waals surface area (Å²) in [4.78, 5) is 21.6. The van der Waals surface area contributed by atoms with Crippen molar-refractivity contribution in [3.05, 3.63) is 64.5 Å². The summed E-state index contributed by atoms with van der Waals surface area (Å²) in [6.45, 7) is 9.47. The van der Waals surface area contributed by atoms with Gasteiger partial charge in [-0.2, -0.15) is 0 Å². The first kappa shape index (κ1) is 23.0. The van der Waals surface area contributed by atoms with Crippen LogP contribution in [0.4, 0.5) is 5.00 Å². The van der Waals surface area contributed by atoms with Crippen LogP contribution in [0.1, 0.15) is 42.7 Å². The van der Waals surface area contributed by atoms with Crippen molar-refractivity contribution in [3.63, 3.8) is 0 Å². The van der Waals surface area contributed by atoms with E-state index in [-0.39, 0.29) is 12.5 Å². The van der Waals surface area contributed by atoms with Crippen molar-refractivity contribution >= 4 is 43.8 Å². The smallest absolute Gasteiger partial charge is 0.262 e. The molecular weight excluding hydrogens is 462 g/mol. The quantitative estimate of drug-likeness (QED) is 0.319. The molecule has 5 nitrogen and oxygen atoms in total. The third kappa shape index (κ3) is 4.73. The maximum Gasteiger partial charge on any atom is 0.262 e. The van der Waals surface area contributed by atoms with Crippen molar-refractivity contribution in [1.82, 2.24) is 9.88 Å². The van der Waals surface area contributed by atoms with Gasteiger partial charge >= 0.3 is 0 Å². The highest BCUT2D eigenvalue weighted by Crippen LogP contribution is 2.45. The molecule has 0 bridgehead atoms. The summed E-state index contributed by atoms with van der Waals surface area (Å²) < 4.78 is 6.94. The minimum Gasteiger partial charge on any atom is -0.484 e. The predicted octanol–water partition coefficient (Wildman–Crippen LogP) is 6.54. The number of benzene rings is 2. The molecule has 0 radical (unpaired) electrons. The van der Waals surface area contributed by atoms with Gasteiger partial charge in [-0.3, -0.25) is 9.69 Å². The van der Waals surface area contributed by atoms with Gasteiger partial charge in [0, 0.05) is 23.5 Å². The Morgan fingerprint density at radius 1 is 1.15 bits per heavy atom. The second-order valence-corrected chi connectivity index (χ2v) is 11.0. The van der Waals surface area contributed by atoms with Gasteiger partial charge in [0.15, 0.2) is 6.61 Å². The van der Waals surface area contributed by atoms with Gasteiger partial charge in [-0.25, -0.2) is 4.98 Å². The van der Waals surface area contributed by atoms with E-state index in [0.717, 1.165) is 51.8 Å². The normalized spacial score (nSPS) is 13.9. The molecule has 176 valence electrons. The number of thiophene rings is 1. The average molecular weight is 492 g/mol. The zero-order chi connectivity index (χ0) is 23.7. The van der Waals surface area contributed by atoms with Crippen LogP contribution in [0, 0.1) is 0 Å². The topological polar surface area (TPSA) is 54.5 Å². The lowest BCUT2D eigenvalue weighted by Crippen LogP contribution is -2.29. The van der Waals surface area contributed by atoms with Crippen LogP contribution in [0.25, 0.3) is 20.8 Å². The molecule has 0 atom stereocenters. The van der Waals surface area contributed by atoms with Gasteiger partial charge in [-0.15, -0.1) is 22.7 Å². The van der Waals surface area contributed by atoms with Crippen LogP contribution in [-0.2, 0) is 17.8 Å². The van der Waals surface area contributed by atoms with E-state index in [0.29, 0.717) is 11.7 Å². The lowest BCUT2D eigenvalue weighted by Gasteiger charge is -2.25. The molecule has 2 aromatic carbocycles. The van der Waals surface area contributed by atoms with E-state index in [2.05, 4.69) is 49.2 Å². The molecule has 1 N–H and O–H groups in total. The second-order valence-electron chi connectivity index (χ2n) is 8.87. The Balaban J connectivity index is 1.39. The number of nitrogens with zero attached hydrogens (tertiary/aromatic N) is 2. The maximum absolute atomic E-state index is 12.9. The van der Waals surface area contributed by atoms with Crippen molar-refractivity contribution in [2.75, 3.05) is 25.0 Å². The van der Waals surface area contributed by atoms with E-state index in [1.807, 2.05) is 30.3 Å². The highest BCUT2D eigenvalue weighted by atomic mass is 32.1. The molecule has 3 heterocycles. The Morgan fingerprint density at radius 3 is 2.68 bits per heavy atom. The summed E-state index contributed by atoms with van der Waals surface area (Å²) in [6.07, 6.45) is 0.972. The highest BCUT2D eigenvalue weighted by Gasteiger charge is 2.27. The van der Waals surface area contributed by atoms with E-state index < -0.39 is 0 Å². The highest BCUT2D eigenvalue weighted by molar-refractivity contribution is 7.22. The second kappa shape index (κ2) is 9.86. The van der Waals surface area contributed by atoms with Crippen LogP contribution in [-0.4, -0.2) is 35.5 Å². The SMILES string of the molecule is CCN1CCc2c(sc(NC(=O)COc3ccc(C(C)C)cc3)c2-c2nc3ccccc3s2)C1. The van der Waals surface area contributed by atoms with Crippen LogP contribution in [0.5, 0.6) is 5.75 Å². The summed E-state index contributed by atoms with van der Waals surface area (Å²) >= 11 is 3.37. The molecule has 1 amide bonds. The Kier molecular flexibility index (Phi) is 6.68. The lowest BCUT2D eigenvalue weighted by molar-refractivity contribution is -0.118. The van der Waals surface area contributed by atoms with Crippen LogP contribution in [0.2, 0.25) is 0 Å². The molecule has 7 heteroatoms. The maximum atomic E-state index is 12.9. The standard InChI is InChI=1S/C27H29N3O2S2/c1-4-30-14-13-20-23(15-30)34-27(25(20)26-28-21-7-5-6-8-22(21)33-26)29-24(31)16-32-19-11-9-18(10-12-19)17(2)3/h5-12,17H,4,13-16H2,1-3H3,(H,29,31). The molecule has 4 aromatic rings. The number of likely N-dealkylation sites (N-methyl/N-ethyl adjacent to an activating group) is 1. The van der Waals surface area contributed by atoms with Gasteiger partial charge in [0.2, 0.25) is 0 Å². The number of hydrogen-bond acceptors (Lipinski definition) is 6. The molecule has 0 unspecified atom stereocenters. The van der Waals surface area contributed by atoms with Crippen molar-refractivity contribution < 1.29 is 9.53 Å². The first-order chi connectivity index (χ1) is 16.5. The average Bonchev–Trinajstić information content (AvgIpc) is 3.42. The molecule has 1 aliphatic rings. The molecule has 0 saturated carbocycles. The van der Waals surface area contributed by atoms with Gasteiger partial charge in [0.25, 0.3) is 5.91 Å². The summed E-state index contributed by atoms with van der Waals surface area (Å²) in [5.74, 6) is 1.02. The molecule has 0 aliphatic carbocycles. The molecular formula is C27H29N3O2S2. The summed E-state index contributed by atoms with van der Waals surface area (Å²) in [5.41, 5.74) is 4.67. The zero-order valence-corrected chi connectivity index (χ0v) is 21.4. The van der Waals surface area contributed by atoms with Gasteiger partial charge < -0.3 is 10.1 Å². The number of nitrogens with one attached hydrogen (secondary N) is 1. The predicted molar refractivity (Wildman–Crippen MR) is 142 cm³/mol. The minimum absolute atomic E-state index is 0.0238. The summed E-state index contributed by atoms with van der Waals surface area (Å²) in [5, 5.41) is 5.00. The molecule has 34 heavy (non-hydrogen) atoms. The molecule has 5 rings (SSSR count). The fourth-order valence-electron chi connectivity index (χ4n) is 4.28. The monoisotopic (exact) mass is 491 g/mol. The molecule has 0 saturated heterocycles. The molecule has 0 fully saturated rings. The number of amides is 1. The number of fused-ring (bicyclic) bond motifs is 2. The third-order valence-electron chi connectivity index (χ3n) is 6.26. The van der Waals surface area contributed by atoms with E-state index in [4.69, 9.17) is 9.72 Å². The Hall–Kier alpha value is -2.74. The Bertz CT molecular complexity index is 1270. The Labute approximate surface area is 208 Å². The van der Waals surface area contributed by atoms with E-state index in [9.17, 15) is 4.79 Å². The van der Waals surface area contributed by atoms with Crippen molar-refractivity contribution in [2.45, 2.75) is 39.7 Å². The van der Waals surface area contributed by atoms with Crippen molar-refractivity contribution in [2.24, 2.45) is 0 Å². The fourth-order valence-corrected chi connectivity index (χ4v) is 6.70. The number of para-hydroxylation sites is 1. The van der Waals surface area contributed by atoms with E-state index >= 15 is 0 Å². The van der Waals surface area contributed by atoms with Crippen molar-refractivity contribution in [1.29, 1.82) is 0 Å². The number of carbonyl (C=O) groups excluding carboxylic acids is 1. The van der Waals surface area contributed by atoms with Gasteiger partial charge in [-0.05, 0) is 54.3 Å². The Morgan fingerprint density at radius 2 is 1.94 bits per heavy atom. The van der Waals surface area contributed by atoms with Crippen LogP contribution in [0.15, 0.2) is 48.5 Å². The molecule has 2 aromatic heterocycles. The van der Waals surface area contributed by atoms with E-state index in [1.165, 1.54) is 16.0 Å². The number of hydrogen-bond donors (Lipinski definition) is 1. The van der Waals surface area contributed by atoms with Gasteiger partial charge in [-0.1, -0.05) is 45.0 Å². The van der Waals surface area contributed by atoms with Crippen LogP contribution >= 0.6 is 22.7 Å². The summed E-state index contributed by atoms with van der Waals surface area (Å²) in [7, 11) is 0. The zero-order valence-electron chi connectivity index (χ0n) is 19.8. The summed E-state index contributed by atoms with van der Waals surface area (Å²) in [6, 6.07) is 16.2. The lowest BCUT2D eigenvalue weighted by atomic mass is 10.0. The number of rotatable bonds is 7. The minimum atomic E-state index is -0.152. The first-order valence-corrected chi connectivity index (χ1v) is 13.4. The van der Waals surface area contributed by atoms with E-state index in [1.54, 1.807) is 22.7 Å². The number of thiazole rings is 1. The largest absolute Gasteiger partial charge is 0.484 e. The third-order valence-corrected chi connectivity index (χ3v) is 8.45.